The van der Waals surface area contributed by atoms with E-state index in [1.165, 1.54) is 12.1 Å². The zero-order valence-electron chi connectivity index (χ0n) is 9.26. The SMILES string of the molecule is CC(C)(O)c1cc(F)cc(Br)c1OC1CC1. The van der Waals surface area contributed by atoms with Gasteiger partial charge in [-0.15, -0.1) is 0 Å². The van der Waals surface area contributed by atoms with E-state index in [1.807, 2.05) is 0 Å². The Labute approximate surface area is 103 Å². The summed E-state index contributed by atoms with van der Waals surface area (Å²) in [7, 11) is 0. The summed E-state index contributed by atoms with van der Waals surface area (Å²) < 4.78 is 19.5. The van der Waals surface area contributed by atoms with Crippen molar-refractivity contribution < 1.29 is 14.2 Å². The molecule has 1 aromatic carbocycles. The number of halogens is 2. The van der Waals surface area contributed by atoms with E-state index in [-0.39, 0.29) is 11.9 Å². The van der Waals surface area contributed by atoms with E-state index in [1.54, 1.807) is 13.8 Å². The first-order valence-electron chi connectivity index (χ1n) is 5.26. The molecular formula is C12H14BrFO2. The molecule has 0 aliphatic heterocycles. The number of hydrogen-bond acceptors (Lipinski definition) is 2. The Morgan fingerprint density at radius 2 is 2.06 bits per heavy atom. The smallest absolute Gasteiger partial charge is 0.140 e. The van der Waals surface area contributed by atoms with Gasteiger partial charge in [-0.3, -0.25) is 0 Å². The van der Waals surface area contributed by atoms with Gasteiger partial charge in [0.25, 0.3) is 0 Å². The van der Waals surface area contributed by atoms with Crippen LogP contribution in [-0.2, 0) is 5.60 Å². The van der Waals surface area contributed by atoms with Crippen LogP contribution in [0.25, 0.3) is 0 Å². The normalized spacial score (nSPS) is 16.3. The fourth-order valence-corrected chi connectivity index (χ4v) is 2.01. The van der Waals surface area contributed by atoms with E-state index in [0.717, 1.165) is 12.8 Å². The van der Waals surface area contributed by atoms with Crippen LogP contribution >= 0.6 is 15.9 Å². The number of rotatable bonds is 3. The lowest BCUT2D eigenvalue weighted by Crippen LogP contribution is -2.18. The van der Waals surface area contributed by atoms with Crippen LogP contribution in [0.4, 0.5) is 4.39 Å². The molecule has 0 atom stereocenters. The van der Waals surface area contributed by atoms with Crippen molar-refractivity contribution in [2.24, 2.45) is 0 Å². The van der Waals surface area contributed by atoms with Crippen molar-refractivity contribution in [3.8, 4) is 5.75 Å². The zero-order chi connectivity index (χ0) is 11.9. The molecule has 0 bridgehead atoms. The Balaban J connectivity index is 2.45. The van der Waals surface area contributed by atoms with E-state index < -0.39 is 5.60 Å². The molecule has 88 valence electrons. The maximum absolute atomic E-state index is 13.3. The minimum atomic E-state index is -1.12. The molecule has 1 fully saturated rings. The predicted octanol–water partition coefficient (Wildman–Crippen LogP) is 3.36. The van der Waals surface area contributed by atoms with Gasteiger partial charge in [0.2, 0.25) is 0 Å². The molecule has 16 heavy (non-hydrogen) atoms. The predicted molar refractivity (Wildman–Crippen MR) is 63.0 cm³/mol. The second-order valence-corrected chi connectivity index (χ2v) is 5.49. The highest BCUT2D eigenvalue weighted by molar-refractivity contribution is 9.10. The Kier molecular flexibility index (Phi) is 2.97. The fraction of sp³-hybridized carbons (Fsp3) is 0.500. The Morgan fingerprint density at radius 1 is 1.44 bits per heavy atom. The van der Waals surface area contributed by atoms with E-state index in [4.69, 9.17) is 4.74 Å². The molecule has 2 rings (SSSR count). The van der Waals surface area contributed by atoms with E-state index >= 15 is 0 Å². The summed E-state index contributed by atoms with van der Waals surface area (Å²) in [4.78, 5) is 0. The molecule has 0 aromatic heterocycles. The highest BCUT2D eigenvalue weighted by Crippen LogP contribution is 2.40. The molecule has 2 nitrogen and oxygen atoms in total. The van der Waals surface area contributed by atoms with Crippen LogP contribution in [-0.4, -0.2) is 11.2 Å². The first kappa shape index (κ1) is 11.9. The minimum Gasteiger partial charge on any atom is -0.489 e. The van der Waals surface area contributed by atoms with Crippen molar-refractivity contribution in [2.75, 3.05) is 0 Å². The highest BCUT2D eigenvalue weighted by Gasteiger charge is 2.30. The summed E-state index contributed by atoms with van der Waals surface area (Å²) in [6, 6.07) is 2.68. The Bertz CT molecular complexity index is 408. The van der Waals surface area contributed by atoms with Crippen molar-refractivity contribution >= 4 is 15.9 Å². The van der Waals surface area contributed by atoms with Gasteiger partial charge in [-0.1, -0.05) is 0 Å². The molecule has 0 unspecified atom stereocenters. The summed E-state index contributed by atoms with van der Waals surface area (Å²) in [6.45, 7) is 3.24. The van der Waals surface area contributed by atoms with Crippen molar-refractivity contribution in [3.63, 3.8) is 0 Å². The molecule has 1 saturated carbocycles. The van der Waals surface area contributed by atoms with Crippen LogP contribution in [0.2, 0.25) is 0 Å². The summed E-state index contributed by atoms with van der Waals surface area (Å²) in [5, 5.41) is 9.98. The maximum atomic E-state index is 13.3. The third kappa shape index (κ3) is 2.55. The molecule has 0 heterocycles. The third-order valence-corrected chi connectivity index (χ3v) is 3.07. The topological polar surface area (TPSA) is 29.5 Å². The van der Waals surface area contributed by atoms with Crippen LogP contribution in [0, 0.1) is 5.82 Å². The third-order valence-electron chi connectivity index (χ3n) is 2.48. The van der Waals surface area contributed by atoms with Gasteiger partial charge in [0.05, 0.1) is 16.2 Å². The van der Waals surface area contributed by atoms with Crippen molar-refractivity contribution in [2.45, 2.75) is 38.4 Å². The first-order chi connectivity index (χ1) is 7.38. The minimum absolute atomic E-state index is 0.211. The molecule has 0 saturated heterocycles. The molecule has 1 aliphatic carbocycles. The fourth-order valence-electron chi connectivity index (χ4n) is 1.49. The van der Waals surface area contributed by atoms with Gasteiger partial charge in [-0.25, -0.2) is 4.39 Å². The van der Waals surface area contributed by atoms with Gasteiger partial charge in [0, 0.05) is 5.56 Å². The zero-order valence-corrected chi connectivity index (χ0v) is 10.8. The van der Waals surface area contributed by atoms with Gasteiger partial charge in [0.15, 0.2) is 0 Å². The molecule has 0 spiro atoms. The molecule has 1 aromatic rings. The second kappa shape index (κ2) is 4.00. The van der Waals surface area contributed by atoms with Crippen LogP contribution in [0.1, 0.15) is 32.3 Å². The van der Waals surface area contributed by atoms with Gasteiger partial charge in [-0.2, -0.15) is 0 Å². The number of hydrogen-bond donors (Lipinski definition) is 1. The van der Waals surface area contributed by atoms with Crippen LogP contribution in [0.15, 0.2) is 16.6 Å². The van der Waals surface area contributed by atoms with Crippen molar-refractivity contribution in [3.05, 3.63) is 28.0 Å². The Morgan fingerprint density at radius 3 is 2.56 bits per heavy atom. The number of ether oxygens (including phenoxy) is 1. The lowest BCUT2D eigenvalue weighted by Gasteiger charge is -2.22. The van der Waals surface area contributed by atoms with Gasteiger partial charge in [-0.05, 0) is 54.8 Å². The van der Waals surface area contributed by atoms with Crippen molar-refractivity contribution in [1.29, 1.82) is 0 Å². The van der Waals surface area contributed by atoms with Crippen LogP contribution in [0.5, 0.6) is 5.75 Å². The van der Waals surface area contributed by atoms with E-state index in [9.17, 15) is 9.50 Å². The summed E-state index contributed by atoms with van der Waals surface area (Å²) in [5.74, 6) is 0.170. The highest BCUT2D eigenvalue weighted by atomic mass is 79.9. The van der Waals surface area contributed by atoms with E-state index in [0.29, 0.717) is 15.8 Å². The van der Waals surface area contributed by atoms with Crippen molar-refractivity contribution in [1.82, 2.24) is 0 Å². The number of aliphatic hydroxyl groups is 1. The van der Waals surface area contributed by atoms with Crippen LogP contribution in [0.3, 0.4) is 0 Å². The average Bonchev–Trinajstić information content (AvgIpc) is 2.91. The maximum Gasteiger partial charge on any atom is 0.140 e. The standard InChI is InChI=1S/C12H14BrFO2/c1-12(2,15)9-5-7(14)6-10(13)11(9)16-8-3-4-8/h5-6,8,15H,3-4H2,1-2H3. The summed E-state index contributed by atoms with van der Waals surface area (Å²) >= 11 is 3.27. The molecule has 4 heteroatoms. The second-order valence-electron chi connectivity index (χ2n) is 4.64. The van der Waals surface area contributed by atoms with Crippen LogP contribution < -0.4 is 4.74 Å². The van der Waals surface area contributed by atoms with Gasteiger partial charge in [0.1, 0.15) is 11.6 Å². The average molecular weight is 289 g/mol. The summed E-state index contributed by atoms with van der Waals surface area (Å²) in [5.41, 5.74) is -0.638. The van der Waals surface area contributed by atoms with Gasteiger partial charge >= 0.3 is 0 Å². The quantitative estimate of drug-likeness (QED) is 0.924. The first-order valence-corrected chi connectivity index (χ1v) is 6.06. The number of benzene rings is 1. The molecule has 0 radical (unpaired) electrons. The van der Waals surface area contributed by atoms with Gasteiger partial charge < -0.3 is 9.84 Å². The summed E-state index contributed by atoms with van der Waals surface area (Å²) in [6.07, 6.45) is 2.26. The van der Waals surface area contributed by atoms with E-state index in [2.05, 4.69) is 15.9 Å². The monoisotopic (exact) mass is 288 g/mol. The lowest BCUT2D eigenvalue weighted by atomic mass is 9.97. The molecular weight excluding hydrogens is 275 g/mol. The Hall–Kier alpha value is -0.610. The molecule has 0 amide bonds. The molecule has 1 aliphatic rings. The largest absolute Gasteiger partial charge is 0.489 e. The molecule has 1 N–H and O–H groups in total. The lowest BCUT2D eigenvalue weighted by molar-refractivity contribution is 0.0738.